The van der Waals surface area contributed by atoms with Crippen LogP contribution in [-0.2, 0) is 9.53 Å². The Morgan fingerprint density at radius 3 is 2.53 bits per heavy atom. The number of ketones is 1. The Morgan fingerprint density at radius 1 is 1.35 bits per heavy atom. The monoisotopic (exact) mass is 241 g/mol. The summed E-state index contributed by atoms with van der Waals surface area (Å²) in [6.45, 7) is 8.12. The van der Waals surface area contributed by atoms with Crippen molar-refractivity contribution in [2.45, 2.75) is 65.0 Å². The summed E-state index contributed by atoms with van der Waals surface area (Å²) in [4.78, 5) is 25.4. The Balaban J connectivity index is 2.63. The molecule has 0 spiro atoms. The second-order valence-corrected chi connectivity index (χ2v) is 5.55. The standard InChI is InChI=1S/C13H23NO3/c1-5-7-11(15)10-8-6-9-14(10)12(16)17-13(2,3)4/h10H,5-9H2,1-4H3/t10-/m0/s1. The fraction of sp³-hybridized carbons (Fsp3) is 0.846. The van der Waals surface area contributed by atoms with Crippen LogP contribution < -0.4 is 0 Å². The number of likely N-dealkylation sites (tertiary alicyclic amines) is 1. The molecular formula is C13H23NO3. The Bertz CT molecular complexity index is 294. The Morgan fingerprint density at radius 2 is 2.00 bits per heavy atom. The van der Waals surface area contributed by atoms with E-state index in [0.717, 1.165) is 19.3 Å². The third-order valence-electron chi connectivity index (χ3n) is 2.75. The summed E-state index contributed by atoms with van der Waals surface area (Å²) in [5.41, 5.74) is -0.502. The van der Waals surface area contributed by atoms with Crippen molar-refractivity contribution in [3.63, 3.8) is 0 Å². The van der Waals surface area contributed by atoms with E-state index in [9.17, 15) is 9.59 Å². The molecule has 0 bridgehead atoms. The van der Waals surface area contributed by atoms with Crippen molar-refractivity contribution in [1.29, 1.82) is 0 Å². The van der Waals surface area contributed by atoms with E-state index >= 15 is 0 Å². The number of Topliss-reactive ketones (excluding diaryl/α,β-unsaturated/α-hetero) is 1. The van der Waals surface area contributed by atoms with E-state index in [4.69, 9.17) is 4.74 Å². The molecule has 17 heavy (non-hydrogen) atoms. The van der Waals surface area contributed by atoms with E-state index in [0.29, 0.717) is 13.0 Å². The third kappa shape index (κ3) is 4.02. The summed E-state index contributed by atoms with van der Waals surface area (Å²) in [5, 5.41) is 0. The van der Waals surface area contributed by atoms with Crippen LogP contribution in [0.25, 0.3) is 0 Å². The van der Waals surface area contributed by atoms with E-state index in [2.05, 4.69) is 0 Å². The number of hydrogen-bond donors (Lipinski definition) is 0. The lowest BCUT2D eigenvalue weighted by atomic mass is 10.1. The summed E-state index contributed by atoms with van der Waals surface area (Å²) in [6, 6.07) is -0.259. The van der Waals surface area contributed by atoms with Crippen LogP contribution in [-0.4, -0.2) is 35.0 Å². The highest BCUT2D eigenvalue weighted by atomic mass is 16.6. The molecule has 4 nitrogen and oxygen atoms in total. The molecule has 0 N–H and O–H groups in total. The first kappa shape index (κ1) is 14.0. The Kier molecular flexibility index (Phi) is 4.54. The van der Waals surface area contributed by atoms with E-state index < -0.39 is 5.60 Å². The van der Waals surface area contributed by atoms with E-state index in [-0.39, 0.29) is 17.9 Å². The zero-order valence-corrected chi connectivity index (χ0v) is 11.3. The first-order valence-corrected chi connectivity index (χ1v) is 6.37. The van der Waals surface area contributed by atoms with Crippen molar-refractivity contribution < 1.29 is 14.3 Å². The number of carbonyl (C=O) groups is 2. The first-order chi connectivity index (χ1) is 7.85. The lowest BCUT2D eigenvalue weighted by molar-refractivity contribution is -0.123. The topological polar surface area (TPSA) is 46.6 Å². The third-order valence-corrected chi connectivity index (χ3v) is 2.75. The maximum atomic E-state index is 11.9. The number of carbonyl (C=O) groups excluding carboxylic acids is 2. The molecule has 0 unspecified atom stereocenters. The number of nitrogens with zero attached hydrogens (tertiary/aromatic N) is 1. The van der Waals surface area contributed by atoms with Gasteiger partial charge in [-0.15, -0.1) is 0 Å². The molecular weight excluding hydrogens is 218 g/mol. The number of rotatable bonds is 3. The van der Waals surface area contributed by atoms with Crippen molar-refractivity contribution in [3.8, 4) is 0 Å². The van der Waals surface area contributed by atoms with Gasteiger partial charge in [-0.1, -0.05) is 6.92 Å². The molecule has 98 valence electrons. The minimum atomic E-state index is -0.502. The van der Waals surface area contributed by atoms with Crippen molar-refractivity contribution in [2.24, 2.45) is 0 Å². The summed E-state index contributed by atoms with van der Waals surface area (Å²) in [5.74, 6) is 0.163. The quantitative estimate of drug-likeness (QED) is 0.763. The van der Waals surface area contributed by atoms with Gasteiger partial charge in [-0.3, -0.25) is 9.69 Å². The van der Waals surface area contributed by atoms with Crippen LogP contribution >= 0.6 is 0 Å². The van der Waals surface area contributed by atoms with Gasteiger partial charge in [0.2, 0.25) is 0 Å². The zero-order valence-electron chi connectivity index (χ0n) is 11.3. The van der Waals surface area contributed by atoms with Gasteiger partial charge in [0.25, 0.3) is 0 Å². The van der Waals surface area contributed by atoms with Gasteiger partial charge < -0.3 is 4.74 Å². The average molecular weight is 241 g/mol. The molecule has 0 aromatic carbocycles. The molecule has 0 aliphatic carbocycles. The lowest BCUT2D eigenvalue weighted by Crippen LogP contribution is -2.43. The predicted molar refractivity (Wildman–Crippen MR) is 65.9 cm³/mol. The Hall–Kier alpha value is -1.06. The van der Waals surface area contributed by atoms with Gasteiger partial charge >= 0.3 is 6.09 Å². The molecule has 1 saturated heterocycles. The predicted octanol–water partition coefficient (Wildman–Crippen LogP) is 2.76. The fourth-order valence-electron chi connectivity index (χ4n) is 2.05. The largest absolute Gasteiger partial charge is 0.444 e. The van der Waals surface area contributed by atoms with Crippen molar-refractivity contribution >= 4 is 11.9 Å². The van der Waals surface area contributed by atoms with Crippen molar-refractivity contribution in [2.75, 3.05) is 6.54 Å². The lowest BCUT2D eigenvalue weighted by Gasteiger charge is -2.27. The summed E-state index contributed by atoms with van der Waals surface area (Å²) >= 11 is 0. The maximum Gasteiger partial charge on any atom is 0.410 e. The van der Waals surface area contributed by atoms with Gasteiger partial charge in [-0.05, 0) is 40.0 Å². The van der Waals surface area contributed by atoms with Crippen LogP contribution in [0.5, 0.6) is 0 Å². The van der Waals surface area contributed by atoms with Crippen LogP contribution in [0.1, 0.15) is 53.4 Å². The van der Waals surface area contributed by atoms with E-state index in [1.165, 1.54) is 0 Å². The summed E-state index contributed by atoms with van der Waals surface area (Å²) in [7, 11) is 0. The van der Waals surface area contributed by atoms with Gasteiger partial charge in [0, 0.05) is 13.0 Å². The smallest absolute Gasteiger partial charge is 0.410 e. The minimum absolute atomic E-state index is 0.163. The molecule has 1 amide bonds. The highest BCUT2D eigenvalue weighted by molar-refractivity contribution is 5.87. The van der Waals surface area contributed by atoms with Gasteiger partial charge in [-0.2, -0.15) is 0 Å². The molecule has 4 heteroatoms. The fourth-order valence-corrected chi connectivity index (χ4v) is 2.05. The van der Waals surface area contributed by atoms with Crippen molar-refractivity contribution in [1.82, 2.24) is 4.90 Å². The second-order valence-electron chi connectivity index (χ2n) is 5.55. The highest BCUT2D eigenvalue weighted by Gasteiger charge is 2.35. The zero-order chi connectivity index (χ0) is 13.1. The maximum absolute atomic E-state index is 11.9. The first-order valence-electron chi connectivity index (χ1n) is 6.37. The number of hydrogen-bond acceptors (Lipinski definition) is 3. The molecule has 1 atom stereocenters. The van der Waals surface area contributed by atoms with Gasteiger partial charge in [-0.25, -0.2) is 4.79 Å². The summed E-state index contributed by atoms with van der Waals surface area (Å²) < 4.78 is 5.31. The van der Waals surface area contributed by atoms with Crippen LogP contribution in [0.2, 0.25) is 0 Å². The normalized spacial score (nSPS) is 20.5. The van der Waals surface area contributed by atoms with Gasteiger partial charge in [0.15, 0.2) is 5.78 Å². The van der Waals surface area contributed by atoms with Crippen molar-refractivity contribution in [3.05, 3.63) is 0 Å². The van der Waals surface area contributed by atoms with Gasteiger partial charge in [0.1, 0.15) is 5.60 Å². The molecule has 1 aliphatic heterocycles. The molecule has 0 aromatic rings. The average Bonchev–Trinajstić information content (AvgIpc) is 2.63. The number of amides is 1. The SMILES string of the molecule is CCCC(=O)[C@@H]1CCCN1C(=O)OC(C)(C)C. The van der Waals surface area contributed by atoms with Crippen LogP contribution in [0, 0.1) is 0 Å². The van der Waals surface area contributed by atoms with Crippen LogP contribution in [0.4, 0.5) is 4.79 Å². The second kappa shape index (κ2) is 5.52. The molecule has 0 radical (unpaired) electrons. The highest BCUT2D eigenvalue weighted by Crippen LogP contribution is 2.22. The Labute approximate surface area is 103 Å². The molecule has 0 saturated carbocycles. The number of ether oxygens (including phenoxy) is 1. The molecule has 0 aromatic heterocycles. The van der Waals surface area contributed by atoms with E-state index in [1.807, 2.05) is 27.7 Å². The molecule has 1 rings (SSSR count). The van der Waals surface area contributed by atoms with Gasteiger partial charge in [0.05, 0.1) is 6.04 Å². The minimum Gasteiger partial charge on any atom is -0.444 e. The van der Waals surface area contributed by atoms with E-state index in [1.54, 1.807) is 4.90 Å². The van der Waals surface area contributed by atoms with Crippen LogP contribution in [0.15, 0.2) is 0 Å². The molecule has 1 heterocycles. The van der Waals surface area contributed by atoms with Crippen LogP contribution in [0.3, 0.4) is 0 Å². The molecule has 1 fully saturated rings. The molecule has 1 aliphatic rings. The summed E-state index contributed by atoms with van der Waals surface area (Å²) in [6.07, 6.45) is 2.68.